The predicted molar refractivity (Wildman–Crippen MR) is 126 cm³/mol. The molecule has 1 aliphatic rings. The Hall–Kier alpha value is -3.68. The molecule has 0 bridgehead atoms. The van der Waals surface area contributed by atoms with E-state index in [0.29, 0.717) is 24.4 Å². The zero-order valence-corrected chi connectivity index (χ0v) is 19.0. The Labute approximate surface area is 191 Å². The van der Waals surface area contributed by atoms with Gasteiger partial charge in [0.2, 0.25) is 5.91 Å². The van der Waals surface area contributed by atoms with Crippen molar-refractivity contribution in [3.63, 3.8) is 0 Å². The summed E-state index contributed by atoms with van der Waals surface area (Å²) in [7, 11) is 0. The quantitative estimate of drug-likeness (QED) is 0.618. The number of piperidine rings is 1. The Morgan fingerprint density at radius 1 is 1.18 bits per heavy atom. The molecule has 172 valence electrons. The van der Waals surface area contributed by atoms with Crippen LogP contribution in [0.15, 0.2) is 47.4 Å². The monoisotopic (exact) mass is 448 g/mol. The molecule has 0 saturated carbocycles. The van der Waals surface area contributed by atoms with Crippen molar-refractivity contribution >= 4 is 23.2 Å². The Morgan fingerprint density at radius 2 is 1.88 bits per heavy atom. The van der Waals surface area contributed by atoms with Crippen LogP contribution < -0.4 is 10.9 Å². The summed E-state index contributed by atoms with van der Waals surface area (Å²) in [5, 5.41) is 12.8. The molecule has 0 aliphatic carbocycles. The van der Waals surface area contributed by atoms with E-state index >= 15 is 0 Å². The number of pyridine rings is 1. The van der Waals surface area contributed by atoms with Gasteiger partial charge in [-0.05, 0) is 50.5 Å². The number of hydrogen-bond acceptors (Lipinski definition) is 5. The van der Waals surface area contributed by atoms with Crippen LogP contribution in [0.1, 0.15) is 65.8 Å². The molecule has 0 spiro atoms. The van der Waals surface area contributed by atoms with Crippen LogP contribution in [-0.2, 0) is 4.79 Å². The molecule has 2 N–H and O–H groups in total. The second-order valence-corrected chi connectivity index (χ2v) is 8.68. The van der Waals surface area contributed by atoms with Gasteiger partial charge in [0, 0.05) is 49.4 Å². The summed E-state index contributed by atoms with van der Waals surface area (Å²) in [6.07, 6.45) is 3.31. The first kappa shape index (κ1) is 22.5. The van der Waals surface area contributed by atoms with Gasteiger partial charge < -0.3 is 15.3 Å². The molecule has 1 aliphatic heterocycles. The van der Waals surface area contributed by atoms with E-state index in [4.69, 9.17) is 4.98 Å². The van der Waals surface area contributed by atoms with Crippen molar-refractivity contribution in [1.29, 1.82) is 0 Å². The SMILES string of the molecule is CC(=O)N1CCC(c2cc(=O)n3cc(C)cc(C(C)Nc4ccccc4C(=O)O)c3n2)CC1. The Kier molecular flexibility index (Phi) is 6.18. The topological polar surface area (TPSA) is 104 Å². The molecule has 0 radical (unpaired) electrons. The maximum atomic E-state index is 13.0. The van der Waals surface area contributed by atoms with Crippen LogP contribution >= 0.6 is 0 Å². The first-order valence-electron chi connectivity index (χ1n) is 11.1. The van der Waals surface area contributed by atoms with E-state index in [1.807, 2.05) is 24.8 Å². The van der Waals surface area contributed by atoms with Crippen molar-refractivity contribution in [2.45, 2.75) is 45.6 Å². The average molecular weight is 449 g/mol. The zero-order valence-electron chi connectivity index (χ0n) is 19.0. The zero-order chi connectivity index (χ0) is 23.7. The van der Waals surface area contributed by atoms with Gasteiger partial charge in [0.25, 0.3) is 5.56 Å². The predicted octanol–water partition coefficient (Wildman–Crippen LogP) is 3.60. The summed E-state index contributed by atoms with van der Waals surface area (Å²) < 4.78 is 1.56. The van der Waals surface area contributed by atoms with E-state index in [1.165, 1.54) is 0 Å². The van der Waals surface area contributed by atoms with Gasteiger partial charge in [-0.15, -0.1) is 0 Å². The molecule has 8 heteroatoms. The van der Waals surface area contributed by atoms with Crippen LogP contribution in [0.3, 0.4) is 0 Å². The molecular weight excluding hydrogens is 420 g/mol. The second-order valence-electron chi connectivity index (χ2n) is 8.68. The molecular formula is C25H28N4O4. The van der Waals surface area contributed by atoms with Gasteiger partial charge >= 0.3 is 5.97 Å². The smallest absolute Gasteiger partial charge is 0.337 e. The molecule has 1 saturated heterocycles. The lowest BCUT2D eigenvalue weighted by Crippen LogP contribution is -2.36. The van der Waals surface area contributed by atoms with E-state index in [9.17, 15) is 19.5 Å². The van der Waals surface area contributed by atoms with E-state index < -0.39 is 5.97 Å². The lowest BCUT2D eigenvalue weighted by Gasteiger charge is -2.31. The van der Waals surface area contributed by atoms with Crippen molar-refractivity contribution in [2.75, 3.05) is 18.4 Å². The summed E-state index contributed by atoms with van der Waals surface area (Å²) in [4.78, 5) is 43.0. The number of aryl methyl sites for hydroxylation is 1. The summed E-state index contributed by atoms with van der Waals surface area (Å²) in [6, 6.07) is 10.0. The van der Waals surface area contributed by atoms with Gasteiger partial charge in [0.1, 0.15) is 5.65 Å². The number of aromatic nitrogens is 2. The van der Waals surface area contributed by atoms with Crippen LogP contribution in [0, 0.1) is 6.92 Å². The lowest BCUT2D eigenvalue weighted by molar-refractivity contribution is -0.129. The number of anilines is 1. The number of carboxylic acids is 1. The molecule has 1 atom stereocenters. The minimum Gasteiger partial charge on any atom is -0.478 e. The summed E-state index contributed by atoms with van der Waals surface area (Å²) >= 11 is 0. The number of likely N-dealkylation sites (tertiary alicyclic amines) is 1. The molecule has 4 rings (SSSR count). The molecule has 1 fully saturated rings. The maximum Gasteiger partial charge on any atom is 0.337 e. The number of nitrogens with one attached hydrogen (secondary N) is 1. The molecule has 33 heavy (non-hydrogen) atoms. The molecule has 3 heterocycles. The van der Waals surface area contributed by atoms with Gasteiger partial charge in [-0.1, -0.05) is 12.1 Å². The number of para-hydroxylation sites is 1. The average Bonchev–Trinajstić information content (AvgIpc) is 2.79. The third-order valence-corrected chi connectivity index (χ3v) is 6.30. The number of nitrogens with zero attached hydrogens (tertiary/aromatic N) is 3. The number of carbonyl (C=O) groups is 2. The third kappa shape index (κ3) is 4.60. The first-order valence-corrected chi connectivity index (χ1v) is 11.1. The number of carbonyl (C=O) groups excluding carboxylic acids is 1. The van der Waals surface area contributed by atoms with Crippen LogP contribution in [0.25, 0.3) is 5.65 Å². The summed E-state index contributed by atoms with van der Waals surface area (Å²) in [5.74, 6) is -0.823. The lowest BCUT2D eigenvalue weighted by atomic mass is 9.93. The number of fused-ring (bicyclic) bond motifs is 1. The number of hydrogen-bond donors (Lipinski definition) is 2. The fraction of sp³-hybridized carbons (Fsp3) is 0.360. The molecule has 1 aromatic carbocycles. The molecule has 3 aromatic rings. The van der Waals surface area contributed by atoms with Crippen molar-refractivity contribution in [3.05, 3.63) is 75.3 Å². The number of carboxylic acid groups (broad SMARTS) is 1. The van der Waals surface area contributed by atoms with Gasteiger partial charge in [0.15, 0.2) is 0 Å². The number of amides is 1. The van der Waals surface area contributed by atoms with Crippen molar-refractivity contribution < 1.29 is 14.7 Å². The fourth-order valence-corrected chi connectivity index (χ4v) is 4.51. The van der Waals surface area contributed by atoms with Gasteiger partial charge in [0.05, 0.1) is 17.3 Å². The van der Waals surface area contributed by atoms with Crippen LogP contribution in [0.2, 0.25) is 0 Å². The van der Waals surface area contributed by atoms with E-state index in [2.05, 4.69) is 5.32 Å². The fourth-order valence-electron chi connectivity index (χ4n) is 4.51. The Balaban J connectivity index is 1.72. The largest absolute Gasteiger partial charge is 0.478 e. The highest BCUT2D eigenvalue weighted by Crippen LogP contribution is 2.29. The van der Waals surface area contributed by atoms with Crippen LogP contribution in [0.5, 0.6) is 0 Å². The Morgan fingerprint density at radius 3 is 2.55 bits per heavy atom. The standard InChI is InChI=1S/C25H28N4O4/c1-15-12-20(16(2)26-21-7-5-4-6-19(21)25(32)33)24-27-22(13-23(31)29(24)14-15)18-8-10-28(11-9-18)17(3)30/h4-7,12-14,16,18,26H,8-11H2,1-3H3,(H,32,33). The molecule has 1 unspecified atom stereocenters. The van der Waals surface area contributed by atoms with Crippen molar-refractivity contribution in [3.8, 4) is 0 Å². The van der Waals surface area contributed by atoms with E-state index in [1.54, 1.807) is 47.9 Å². The molecule has 1 amide bonds. The highest BCUT2D eigenvalue weighted by atomic mass is 16.4. The van der Waals surface area contributed by atoms with Gasteiger partial charge in [-0.3, -0.25) is 14.0 Å². The summed E-state index contributed by atoms with van der Waals surface area (Å²) in [5.41, 5.74) is 3.57. The summed E-state index contributed by atoms with van der Waals surface area (Å²) in [6.45, 7) is 6.74. The highest BCUT2D eigenvalue weighted by molar-refractivity contribution is 5.94. The minimum absolute atomic E-state index is 0.0688. The van der Waals surface area contributed by atoms with Gasteiger partial charge in [-0.2, -0.15) is 0 Å². The Bertz CT molecular complexity index is 1280. The first-order chi connectivity index (χ1) is 15.7. The molecule has 2 aromatic heterocycles. The van der Waals surface area contributed by atoms with Crippen LogP contribution in [-0.4, -0.2) is 44.4 Å². The number of benzene rings is 1. The molecule has 8 nitrogen and oxygen atoms in total. The van der Waals surface area contributed by atoms with Crippen molar-refractivity contribution in [1.82, 2.24) is 14.3 Å². The number of aromatic carboxylic acids is 1. The van der Waals surface area contributed by atoms with E-state index in [-0.39, 0.29) is 29.0 Å². The maximum absolute atomic E-state index is 13.0. The van der Waals surface area contributed by atoms with Crippen LogP contribution in [0.4, 0.5) is 5.69 Å². The van der Waals surface area contributed by atoms with Gasteiger partial charge in [-0.25, -0.2) is 9.78 Å². The number of rotatable bonds is 5. The van der Waals surface area contributed by atoms with E-state index in [0.717, 1.165) is 29.7 Å². The van der Waals surface area contributed by atoms with Crippen molar-refractivity contribution in [2.24, 2.45) is 0 Å². The third-order valence-electron chi connectivity index (χ3n) is 6.30. The highest BCUT2D eigenvalue weighted by Gasteiger charge is 2.24. The second kappa shape index (κ2) is 9.05. The minimum atomic E-state index is -1.01. The normalized spacial score (nSPS) is 15.4.